The third-order valence-corrected chi connectivity index (χ3v) is 5.20. The lowest BCUT2D eigenvalue weighted by Crippen LogP contribution is -2.38. The number of benzene rings is 2. The van der Waals surface area contributed by atoms with Crippen molar-refractivity contribution < 1.29 is 24.1 Å². The van der Waals surface area contributed by atoms with Crippen molar-refractivity contribution in [1.29, 1.82) is 0 Å². The minimum Gasteiger partial charge on any atom is -0.493 e. The largest absolute Gasteiger partial charge is 0.493 e. The molecule has 156 valence electrons. The molecular formula is C23H29NO5. The van der Waals surface area contributed by atoms with Crippen LogP contribution < -0.4 is 14.8 Å². The van der Waals surface area contributed by atoms with Crippen LogP contribution in [0.5, 0.6) is 11.5 Å². The number of aliphatic carboxylic acids is 1. The predicted molar refractivity (Wildman–Crippen MR) is 111 cm³/mol. The van der Waals surface area contributed by atoms with E-state index >= 15 is 0 Å². The number of carbonyl (C=O) groups is 1. The van der Waals surface area contributed by atoms with E-state index in [0.29, 0.717) is 32.8 Å². The van der Waals surface area contributed by atoms with Crippen LogP contribution in [0.2, 0.25) is 0 Å². The molecule has 2 N–H and O–H groups in total. The number of carboxylic acid groups (broad SMARTS) is 1. The van der Waals surface area contributed by atoms with E-state index in [-0.39, 0.29) is 11.8 Å². The molecule has 2 unspecified atom stereocenters. The van der Waals surface area contributed by atoms with E-state index in [1.807, 2.05) is 48.5 Å². The highest BCUT2D eigenvalue weighted by molar-refractivity contribution is 5.71. The summed E-state index contributed by atoms with van der Waals surface area (Å²) in [5, 5.41) is 12.8. The van der Waals surface area contributed by atoms with Crippen molar-refractivity contribution >= 4 is 5.97 Å². The smallest absolute Gasteiger partial charge is 0.307 e. The lowest BCUT2D eigenvalue weighted by atomic mass is 9.81. The summed E-state index contributed by atoms with van der Waals surface area (Å²) in [4.78, 5) is 11.6. The Morgan fingerprint density at radius 1 is 1.07 bits per heavy atom. The molecule has 6 heteroatoms. The summed E-state index contributed by atoms with van der Waals surface area (Å²) in [6.45, 7) is 3.05. The molecule has 6 nitrogen and oxygen atoms in total. The molecule has 1 fully saturated rings. The van der Waals surface area contributed by atoms with Crippen LogP contribution in [0.25, 0.3) is 0 Å². The minimum atomic E-state index is -0.726. The van der Waals surface area contributed by atoms with Gasteiger partial charge in [-0.15, -0.1) is 0 Å². The second-order valence-electron chi connectivity index (χ2n) is 7.20. The second-order valence-corrected chi connectivity index (χ2v) is 7.20. The van der Waals surface area contributed by atoms with E-state index in [1.54, 1.807) is 7.11 Å². The van der Waals surface area contributed by atoms with Crippen LogP contribution in [-0.4, -0.2) is 51.1 Å². The molecule has 3 rings (SSSR count). The normalized spacial score (nSPS) is 18.9. The Morgan fingerprint density at radius 2 is 1.83 bits per heavy atom. The van der Waals surface area contributed by atoms with Gasteiger partial charge in [0.25, 0.3) is 0 Å². The monoisotopic (exact) mass is 399 g/mol. The second kappa shape index (κ2) is 10.8. The van der Waals surface area contributed by atoms with Crippen molar-refractivity contribution in [2.24, 2.45) is 5.92 Å². The van der Waals surface area contributed by atoms with E-state index in [0.717, 1.165) is 35.6 Å². The highest BCUT2D eigenvalue weighted by Crippen LogP contribution is 2.31. The number of carboxylic acids is 1. The first-order valence-electron chi connectivity index (χ1n) is 10.0. The topological polar surface area (TPSA) is 77.0 Å². The van der Waals surface area contributed by atoms with Crippen LogP contribution in [0, 0.1) is 5.92 Å². The van der Waals surface area contributed by atoms with Crippen LogP contribution >= 0.6 is 0 Å². The number of methoxy groups -OCH3 is 1. The van der Waals surface area contributed by atoms with Crippen LogP contribution in [0.4, 0.5) is 0 Å². The predicted octanol–water partition coefficient (Wildman–Crippen LogP) is 3.11. The fraction of sp³-hybridized carbons (Fsp3) is 0.435. The zero-order chi connectivity index (χ0) is 20.5. The summed E-state index contributed by atoms with van der Waals surface area (Å²) < 4.78 is 16.6. The molecule has 1 saturated heterocycles. The molecule has 0 spiro atoms. The third-order valence-electron chi connectivity index (χ3n) is 5.20. The van der Waals surface area contributed by atoms with Crippen molar-refractivity contribution in [3.05, 3.63) is 59.7 Å². The molecule has 0 amide bonds. The maximum absolute atomic E-state index is 11.6. The van der Waals surface area contributed by atoms with Gasteiger partial charge in [-0.05, 0) is 48.4 Å². The number of hydrogen-bond acceptors (Lipinski definition) is 5. The Kier molecular flexibility index (Phi) is 7.90. The highest BCUT2D eigenvalue weighted by atomic mass is 16.5. The van der Waals surface area contributed by atoms with E-state index in [9.17, 15) is 9.90 Å². The molecule has 0 radical (unpaired) electrons. The zero-order valence-electron chi connectivity index (χ0n) is 16.8. The first-order chi connectivity index (χ1) is 14.2. The lowest BCUT2D eigenvalue weighted by molar-refractivity contribution is -0.143. The Bertz CT molecular complexity index is 794. The first-order valence-corrected chi connectivity index (χ1v) is 10.0. The summed E-state index contributed by atoms with van der Waals surface area (Å²) in [5.74, 6) is 0.476. The fourth-order valence-corrected chi connectivity index (χ4v) is 3.66. The van der Waals surface area contributed by atoms with Gasteiger partial charge in [0.1, 0.15) is 18.1 Å². The molecule has 2 aromatic carbocycles. The van der Waals surface area contributed by atoms with E-state index in [4.69, 9.17) is 14.2 Å². The van der Waals surface area contributed by atoms with Gasteiger partial charge in [-0.3, -0.25) is 4.79 Å². The number of piperidine rings is 1. The van der Waals surface area contributed by atoms with Gasteiger partial charge >= 0.3 is 5.97 Å². The average molecular weight is 399 g/mol. The molecule has 0 aromatic heterocycles. The van der Waals surface area contributed by atoms with Gasteiger partial charge < -0.3 is 24.6 Å². The van der Waals surface area contributed by atoms with Gasteiger partial charge in [0.05, 0.1) is 19.1 Å². The highest BCUT2D eigenvalue weighted by Gasteiger charge is 2.31. The van der Waals surface area contributed by atoms with Crippen molar-refractivity contribution in [1.82, 2.24) is 5.32 Å². The SMILES string of the molecule is COCCOc1cccc(CCOc2cccc(C3CNCCC3C(=O)O)c2)c1. The van der Waals surface area contributed by atoms with E-state index in [2.05, 4.69) is 5.32 Å². The standard InChI is InChI=1S/C23H29NO5/c1-27-12-13-29-19-6-2-4-17(14-19)9-11-28-20-7-3-5-18(15-20)22-16-24-10-8-21(22)23(25)26/h2-7,14-15,21-22,24H,8-13,16H2,1H3,(H,25,26). The van der Waals surface area contributed by atoms with Crippen LogP contribution in [0.3, 0.4) is 0 Å². The average Bonchev–Trinajstić information content (AvgIpc) is 2.74. The van der Waals surface area contributed by atoms with Crippen LogP contribution in [-0.2, 0) is 16.0 Å². The minimum absolute atomic E-state index is 0.0364. The van der Waals surface area contributed by atoms with Gasteiger partial charge in [-0.1, -0.05) is 24.3 Å². The van der Waals surface area contributed by atoms with Crippen LogP contribution in [0.15, 0.2) is 48.5 Å². The quantitative estimate of drug-likeness (QED) is 0.598. The fourth-order valence-electron chi connectivity index (χ4n) is 3.66. The zero-order valence-corrected chi connectivity index (χ0v) is 16.8. The Morgan fingerprint density at radius 3 is 2.62 bits per heavy atom. The summed E-state index contributed by atoms with van der Waals surface area (Å²) in [6.07, 6.45) is 1.41. The van der Waals surface area contributed by atoms with E-state index in [1.165, 1.54) is 0 Å². The summed E-state index contributed by atoms with van der Waals surface area (Å²) in [5.41, 5.74) is 2.15. The van der Waals surface area contributed by atoms with Crippen molar-refractivity contribution in [2.45, 2.75) is 18.8 Å². The Labute approximate surface area is 171 Å². The van der Waals surface area contributed by atoms with E-state index < -0.39 is 5.97 Å². The van der Waals surface area contributed by atoms with Crippen LogP contribution in [0.1, 0.15) is 23.5 Å². The third kappa shape index (κ3) is 6.21. The molecule has 1 heterocycles. The summed E-state index contributed by atoms with van der Waals surface area (Å²) in [6, 6.07) is 15.8. The van der Waals surface area contributed by atoms with Gasteiger partial charge in [0.2, 0.25) is 0 Å². The van der Waals surface area contributed by atoms with Gasteiger partial charge in [0.15, 0.2) is 0 Å². The van der Waals surface area contributed by atoms with Crippen molar-refractivity contribution in [2.75, 3.05) is 40.0 Å². The molecule has 1 aliphatic heterocycles. The molecular weight excluding hydrogens is 370 g/mol. The molecule has 2 atom stereocenters. The summed E-state index contributed by atoms with van der Waals surface area (Å²) in [7, 11) is 1.65. The maximum atomic E-state index is 11.6. The molecule has 0 bridgehead atoms. The van der Waals surface area contributed by atoms with Crippen molar-refractivity contribution in [3.8, 4) is 11.5 Å². The van der Waals surface area contributed by atoms with Crippen molar-refractivity contribution in [3.63, 3.8) is 0 Å². The number of rotatable bonds is 10. The van der Waals surface area contributed by atoms with Gasteiger partial charge in [-0.25, -0.2) is 0 Å². The summed E-state index contributed by atoms with van der Waals surface area (Å²) >= 11 is 0. The molecule has 2 aromatic rings. The van der Waals surface area contributed by atoms with Gasteiger partial charge in [0, 0.05) is 26.0 Å². The number of ether oxygens (including phenoxy) is 3. The molecule has 29 heavy (non-hydrogen) atoms. The molecule has 0 aliphatic carbocycles. The first kappa shape index (κ1) is 21.1. The molecule has 0 saturated carbocycles. The van der Waals surface area contributed by atoms with Gasteiger partial charge in [-0.2, -0.15) is 0 Å². The lowest BCUT2D eigenvalue weighted by Gasteiger charge is -2.29. The Balaban J connectivity index is 1.56. The maximum Gasteiger partial charge on any atom is 0.307 e. The number of nitrogens with one attached hydrogen (secondary N) is 1. The Hall–Kier alpha value is -2.57. The molecule has 1 aliphatic rings. The number of hydrogen-bond donors (Lipinski definition) is 2.